The number of aromatic nitrogens is 2. The standard InChI is InChI=1S/C22H18FN3O4/c1-2-11-24-18(27)13-26-21(28)20-19(16-5-3-4-6-17(16)30-20)25(22(26)29)12-14-7-9-15(23)10-8-14/h2-10H,1,11-13H2,(H,24,27). The summed E-state index contributed by atoms with van der Waals surface area (Å²) in [4.78, 5) is 38.4. The molecule has 4 aromatic rings. The third-order valence-corrected chi connectivity index (χ3v) is 4.74. The summed E-state index contributed by atoms with van der Waals surface area (Å²) in [5.41, 5.74) is 0.0895. The number of halogens is 1. The predicted molar refractivity (Wildman–Crippen MR) is 111 cm³/mol. The molecule has 0 saturated heterocycles. The number of amides is 1. The second-order valence-corrected chi connectivity index (χ2v) is 6.76. The van der Waals surface area contributed by atoms with Crippen LogP contribution in [0.3, 0.4) is 0 Å². The van der Waals surface area contributed by atoms with Gasteiger partial charge in [-0.15, -0.1) is 6.58 Å². The zero-order valence-corrected chi connectivity index (χ0v) is 15.9. The van der Waals surface area contributed by atoms with Gasteiger partial charge in [0.15, 0.2) is 0 Å². The van der Waals surface area contributed by atoms with E-state index in [-0.39, 0.29) is 18.7 Å². The van der Waals surface area contributed by atoms with E-state index in [9.17, 15) is 18.8 Å². The summed E-state index contributed by atoms with van der Waals surface area (Å²) in [6, 6.07) is 12.7. The van der Waals surface area contributed by atoms with Crippen molar-refractivity contribution in [3.05, 3.63) is 93.4 Å². The molecule has 7 nitrogen and oxygen atoms in total. The first-order chi connectivity index (χ1) is 14.5. The van der Waals surface area contributed by atoms with Gasteiger partial charge in [-0.1, -0.05) is 30.3 Å². The summed E-state index contributed by atoms with van der Waals surface area (Å²) in [6.45, 7) is 3.35. The summed E-state index contributed by atoms with van der Waals surface area (Å²) in [5.74, 6) is -0.897. The first-order valence-electron chi connectivity index (χ1n) is 9.26. The Hall–Kier alpha value is -3.94. The normalized spacial score (nSPS) is 11.1. The number of hydrogen-bond acceptors (Lipinski definition) is 4. The predicted octanol–water partition coefficient (Wildman–Crippen LogP) is 2.40. The number of benzene rings is 2. The molecule has 0 aliphatic carbocycles. The van der Waals surface area contributed by atoms with Crippen molar-refractivity contribution in [2.75, 3.05) is 6.54 Å². The molecule has 1 N–H and O–H groups in total. The highest BCUT2D eigenvalue weighted by Gasteiger charge is 2.21. The first-order valence-corrected chi connectivity index (χ1v) is 9.26. The number of para-hydroxylation sites is 1. The van der Waals surface area contributed by atoms with Gasteiger partial charge >= 0.3 is 5.69 Å². The Bertz CT molecular complexity index is 1380. The second kappa shape index (κ2) is 7.82. The molecule has 0 bridgehead atoms. The molecule has 30 heavy (non-hydrogen) atoms. The fourth-order valence-electron chi connectivity index (χ4n) is 3.34. The van der Waals surface area contributed by atoms with E-state index < -0.39 is 29.5 Å². The molecule has 0 aliphatic rings. The number of furan rings is 1. The van der Waals surface area contributed by atoms with Gasteiger partial charge in [0.05, 0.1) is 6.54 Å². The van der Waals surface area contributed by atoms with Crippen molar-refractivity contribution in [1.29, 1.82) is 0 Å². The highest BCUT2D eigenvalue weighted by molar-refractivity contribution is 6.02. The molecule has 2 aromatic carbocycles. The lowest BCUT2D eigenvalue weighted by Crippen LogP contribution is -2.43. The van der Waals surface area contributed by atoms with Gasteiger partial charge in [0, 0.05) is 11.9 Å². The Balaban J connectivity index is 1.95. The smallest absolute Gasteiger partial charge is 0.332 e. The Morgan fingerprint density at radius 2 is 1.83 bits per heavy atom. The van der Waals surface area contributed by atoms with Gasteiger partial charge in [-0.25, -0.2) is 13.8 Å². The Labute approximate surface area is 169 Å². The average molecular weight is 407 g/mol. The fraction of sp³-hybridized carbons (Fsp3) is 0.136. The van der Waals surface area contributed by atoms with Gasteiger partial charge in [0.1, 0.15) is 23.5 Å². The number of nitrogens with zero attached hydrogens (tertiary/aromatic N) is 2. The van der Waals surface area contributed by atoms with E-state index in [1.165, 1.54) is 22.8 Å². The van der Waals surface area contributed by atoms with Crippen LogP contribution in [0.5, 0.6) is 0 Å². The van der Waals surface area contributed by atoms with Gasteiger partial charge in [-0.05, 0) is 29.8 Å². The van der Waals surface area contributed by atoms with Gasteiger partial charge in [0.2, 0.25) is 11.5 Å². The minimum atomic E-state index is -0.685. The molecule has 0 unspecified atom stereocenters. The molecule has 0 fully saturated rings. The van der Waals surface area contributed by atoms with Crippen LogP contribution in [0.2, 0.25) is 0 Å². The van der Waals surface area contributed by atoms with Crippen LogP contribution in [-0.2, 0) is 17.9 Å². The summed E-state index contributed by atoms with van der Waals surface area (Å²) in [5, 5.41) is 3.15. The zero-order chi connectivity index (χ0) is 21.3. The minimum Gasteiger partial charge on any atom is -0.449 e. The largest absolute Gasteiger partial charge is 0.449 e. The molecule has 0 spiro atoms. The number of carbonyl (C=O) groups is 1. The molecular weight excluding hydrogens is 389 g/mol. The lowest BCUT2D eigenvalue weighted by atomic mass is 10.2. The van der Waals surface area contributed by atoms with Crippen LogP contribution >= 0.6 is 0 Å². The Kier molecular flexibility index (Phi) is 5.05. The van der Waals surface area contributed by atoms with E-state index in [0.717, 1.165) is 4.57 Å². The maximum Gasteiger partial charge on any atom is 0.332 e. The van der Waals surface area contributed by atoms with Crippen LogP contribution in [0.4, 0.5) is 4.39 Å². The Morgan fingerprint density at radius 1 is 1.10 bits per heavy atom. The number of nitrogens with one attached hydrogen (secondary N) is 1. The topological polar surface area (TPSA) is 86.2 Å². The van der Waals surface area contributed by atoms with E-state index in [1.807, 2.05) is 0 Å². The highest BCUT2D eigenvalue weighted by Crippen LogP contribution is 2.26. The quantitative estimate of drug-likeness (QED) is 0.498. The molecule has 0 atom stereocenters. The third kappa shape index (κ3) is 3.43. The van der Waals surface area contributed by atoms with Gasteiger partial charge < -0.3 is 9.73 Å². The van der Waals surface area contributed by atoms with E-state index >= 15 is 0 Å². The van der Waals surface area contributed by atoms with Gasteiger partial charge in [-0.2, -0.15) is 0 Å². The van der Waals surface area contributed by atoms with Gasteiger partial charge in [0.25, 0.3) is 5.56 Å². The molecule has 152 valence electrons. The minimum absolute atomic E-state index is 0.0190. The van der Waals surface area contributed by atoms with E-state index in [1.54, 1.807) is 36.4 Å². The number of rotatable bonds is 6. The molecule has 2 aromatic heterocycles. The molecule has 0 saturated carbocycles. The van der Waals surface area contributed by atoms with Crippen molar-refractivity contribution in [2.24, 2.45) is 0 Å². The number of hydrogen-bond donors (Lipinski definition) is 1. The van der Waals surface area contributed by atoms with E-state index in [4.69, 9.17) is 4.42 Å². The molecule has 1 amide bonds. The summed E-state index contributed by atoms with van der Waals surface area (Å²) < 4.78 is 21.2. The van der Waals surface area contributed by atoms with Crippen LogP contribution in [0.15, 0.2) is 75.2 Å². The Morgan fingerprint density at radius 3 is 2.57 bits per heavy atom. The summed E-state index contributed by atoms with van der Waals surface area (Å²) in [7, 11) is 0. The molecule has 2 heterocycles. The fourth-order valence-corrected chi connectivity index (χ4v) is 3.34. The van der Waals surface area contributed by atoms with E-state index in [2.05, 4.69) is 11.9 Å². The lowest BCUT2D eigenvalue weighted by Gasteiger charge is -2.12. The maximum absolute atomic E-state index is 13.3. The van der Waals surface area contributed by atoms with Crippen LogP contribution in [-0.4, -0.2) is 21.6 Å². The molecule has 0 radical (unpaired) electrons. The van der Waals surface area contributed by atoms with Crippen molar-refractivity contribution in [2.45, 2.75) is 13.1 Å². The monoisotopic (exact) mass is 407 g/mol. The van der Waals surface area contributed by atoms with Crippen molar-refractivity contribution >= 4 is 28.0 Å². The van der Waals surface area contributed by atoms with E-state index in [0.29, 0.717) is 22.0 Å². The zero-order valence-electron chi connectivity index (χ0n) is 15.9. The molecule has 8 heteroatoms. The van der Waals surface area contributed by atoms with Crippen molar-refractivity contribution in [3.63, 3.8) is 0 Å². The van der Waals surface area contributed by atoms with Crippen molar-refractivity contribution in [3.8, 4) is 0 Å². The number of carbonyl (C=O) groups excluding carboxylic acids is 1. The highest BCUT2D eigenvalue weighted by atomic mass is 19.1. The summed E-state index contributed by atoms with van der Waals surface area (Å²) >= 11 is 0. The lowest BCUT2D eigenvalue weighted by molar-refractivity contribution is -0.121. The van der Waals surface area contributed by atoms with Crippen LogP contribution < -0.4 is 16.6 Å². The van der Waals surface area contributed by atoms with Crippen LogP contribution in [0.25, 0.3) is 22.1 Å². The van der Waals surface area contributed by atoms with Crippen LogP contribution in [0.1, 0.15) is 5.56 Å². The molecule has 0 aliphatic heterocycles. The van der Waals surface area contributed by atoms with Crippen molar-refractivity contribution in [1.82, 2.24) is 14.5 Å². The number of fused-ring (bicyclic) bond motifs is 3. The van der Waals surface area contributed by atoms with Crippen molar-refractivity contribution < 1.29 is 13.6 Å². The third-order valence-electron chi connectivity index (χ3n) is 4.74. The SMILES string of the molecule is C=CCNC(=O)Cn1c(=O)c2oc3ccccc3c2n(Cc2ccc(F)cc2)c1=O. The first kappa shape index (κ1) is 19.4. The average Bonchev–Trinajstić information content (AvgIpc) is 3.14. The second-order valence-electron chi connectivity index (χ2n) is 6.76. The molecule has 4 rings (SSSR count). The van der Waals surface area contributed by atoms with Crippen LogP contribution in [0, 0.1) is 5.82 Å². The summed E-state index contributed by atoms with van der Waals surface area (Å²) in [6.07, 6.45) is 1.50. The van der Waals surface area contributed by atoms with Gasteiger partial charge in [-0.3, -0.25) is 14.2 Å². The maximum atomic E-state index is 13.3. The molecular formula is C22H18FN3O4.